The van der Waals surface area contributed by atoms with Crippen LogP contribution in [-0.4, -0.2) is 21.9 Å². The van der Waals surface area contributed by atoms with Crippen LogP contribution in [0.1, 0.15) is 22.5 Å². The Morgan fingerprint density at radius 2 is 1.82 bits per heavy atom. The van der Waals surface area contributed by atoms with Crippen molar-refractivity contribution in [2.45, 2.75) is 29.6 Å². The van der Waals surface area contributed by atoms with Crippen LogP contribution in [0.4, 0.5) is 0 Å². The number of aromatic nitrogens is 2. The summed E-state index contributed by atoms with van der Waals surface area (Å²) in [5.74, 6) is 0.339. The van der Waals surface area contributed by atoms with Gasteiger partial charge in [-0.25, -0.2) is 4.98 Å². The van der Waals surface area contributed by atoms with E-state index < -0.39 is 0 Å². The van der Waals surface area contributed by atoms with Crippen molar-refractivity contribution in [1.82, 2.24) is 9.55 Å². The normalized spacial score (nSPS) is 11.2. The first-order valence-corrected chi connectivity index (χ1v) is 10.1. The van der Waals surface area contributed by atoms with Crippen LogP contribution in [0.5, 0.6) is 0 Å². The Morgan fingerprint density at radius 1 is 1.04 bits per heavy atom. The Labute approximate surface area is 167 Å². The maximum Gasteiger partial charge on any atom is 0.202 e. The number of hydrogen-bond acceptors (Lipinski definition) is 5. The Morgan fingerprint density at radius 3 is 2.64 bits per heavy atom. The number of nitrogens with two attached hydrogens (primary N) is 1. The molecule has 0 saturated carbocycles. The summed E-state index contributed by atoms with van der Waals surface area (Å²) in [6.45, 7) is 1.41. The minimum absolute atomic E-state index is 0.0327. The molecular formula is C22H21N3O2S. The van der Waals surface area contributed by atoms with E-state index in [9.17, 15) is 4.79 Å². The first-order valence-electron chi connectivity index (χ1n) is 9.25. The largest absolute Gasteiger partial charge is 0.446 e. The number of furan rings is 1. The lowest BCUT2D eigenvalue weighted by Crippen LogP contribution is -2.06. The van der Waals surface area contributed by atoms with Crippen LogP contribution < -0.4 is 5.73 Å². The van der Waals surface area contributed by atoms with Crippen LogP contribution in [0.25, 0.3) is 11.0 Å². The SMILES string of the molecule is NCCCn1c(Sc2ccc(C(=O)Cc3ccccc3)o2)nc2ccccc21. The van der Waals surface area contributed by atoms with Gasteiger partial charge < -0.3 is 14.7 Å². The molecule has 0 radical (unpaired) electrons. The van der Waals surface area contributed by atoms with E-state index >= 15 is 0 Å². The minimum Gasteiger partial charge on any atom is -0.446 e. The summed E-state index contributed by atoms with van der Waals surface area (Å²) in [5, 5.41) is 1.49. The number of hydrogen-bond donors (Lipinski definition) is 1. The maximum atomic E-state index is 12.5. The van der Waals surface area contributed by atoms with E-state index in [1.807, 2.05) is 54.6 Å². The third-order valence-corrected chi connectivity index (χ3v) is 5.38. The molecule has 2 heterocycles. The Bertz CT molecular complexity index is 1090. The van der Waals surface area contributed by atoms with Crippen LogP contribution in [-0.2, 0) is 13.0 Å². The zero-order chi connectivity index (χ0) is 19.3. The fourth-order valence-electron chi connectivity index (χ4n) is 3.08. The van der Waals surface area contributed by atoms with Gasteiger partial charge >= 0.3 is 0 Å². The van der Waals surface area contributed by atoms with Crippen LogP contribution in [0.3, 0.4) is 0 Å². The number of imidazole rings is 1. The van der Waals surface area contributed by atoms with E-state index in [1.165, 1.54) is 11.8 Å². The van der Waals surface area contributed by atoms with Crippen molar-refractivity contribution in [1.29, 1.82) is 0 Å². The molecule has 0 fully saturated rings. The van der Waals surface area contributed by atoms with Gasteiger partial charge in [0.2, 0.25) is 5.78 Å². The molecule has 2 aromatic heterocycles. The second-order valence-electron chi connectivity index (χ2n) is 6.48. The van der Waals surface area contributed by atoms with Gasteiger partial charge in [0.05, 0.1) is 11.0 Å². The fourth-order valence-corrected chi connectivity index (χ4v) is 3.97. The molecule has 0 aliphatic heterocycles. The van der Waals surface area contributed by atoms with Crippen LogP contribution >= 0.6 is 11.8 Å². The molecule has 4 aromatic rings. The maximum absolute atomic E-state index is 12.5. The Hall–Kier alpha value is -2.83. The highest BCUT2D eigenvalue weighted by Crippen LogP contribution is 2.32. The molecule has 142 valence electrons. The lowest BCUT2D eigenvalue weighted by molar-refractivity contribution is 0.0961. The van der Waals surface area contributed by atoms with Gasteiger partial charge in [0.25, 0.3) is 0 Å². The van der Waals surface area contributed by atoms with Crippen molar-refractivity contribution in [2.75, 3.05) is 6.54 Å². The number of benzene rings is 2. The van der Waals surface area contributed by atoms with Crippen molar-refractivity contribution in [3.8, 4) is 0 Å². The van der Waals surface area contributed by atoms with E-state index in [1.54, 1.807) is 6.07 Å². The summed E-state index contributed by atoms with van der Waals surface area (Å²) in [6, 6.07) is 21.3. The van der Waals surface area contributed by atoms with Gasteiger partial charge in [0.15, 0.2) is 16.0 Å². The summed E-state index contributed by atoms with van der Waals surface area (Å²) in [7, 11) is 0. The molecule has 4 rings (SSSR count). The van der Waals surface area contributed by atoms with Gasteiger partial charge in [-0.05, 0) is 54.6 Å². The molecule has 5 nitrogen and oxygen atoms in total. The minimum atomic E-state index is -0.0327. The van der Waals surface area contributed by atoms with Crippen LogP contribution in [0.2, 0.25) is 0 Å². The van der Waals surface area contributed by atoms with Crippen LogP contribution in [0.15, 0.2) is 81.4 Å². The van der Waals surface area contributed by atoms with Crippen molar-refractivity contribution in [2.24, 2.45) is 5.73 Å². The molecule has 0 amide bonds. The van der Waals surface area contributed by atoms with Gasteiger partial charge in [-0.15, -0.1) is 0 Å². The van der Waals surface area contributed by atoms with Gasteiger partial charge in [-0.3, -0.25) is 4.79 Å². The quantitative estimate of drug-likeness (QED) is 0.446. The van der Waals surface area contributed by atoms with E-state index in [0.717, 1.165) is 34.7 Å². The van der Waals surface area contributed by atoms with E-state index in [4.69, 9.17) is 15.1 Å². The molecule has 0 aliphatic rings. The molecular weight excluding hydrogens is 370 g/mol. The first kappa shape index (κ1) is 18.5. The van der Waals surface area contributed by atoms with Gasteiger partial charge in [0, 0.05) is 13.0 Å². The predicted octanol–water partition coefficient (Wildman–Crippen LogP) is 4.55. The number of para-hydroxylation sites is 2. The van der Waals surface area contributed by atoms with Gasteiger partial charge in [-0.2, -0.15) is 0 Å². The predicted molar refractivity (Wildman–Crippen MR) is 111 cm³/mol. The molecule has 2 aromatic carbocycles. The summed E-state index contributed by atoms with van der Waals surface area (Å²) >= 11 is 1.43. The molecule has 2 N–H and O–H groups in total. The molecule has 0 atom stereocenters. The van der Waals surface area contributed by atoms with Crippen molar-refractivity contribution >= 4 is 28.6 Å². The number of Topliss-reactive ketones (excluding diaryl/α,β-unsaturated/α-hetero) is 1. The highest BCUT2D eigenvalue weighted by Gasteiger charge is 2.16. The second-order valence-corrected chi connectivity index (χ2v) is 7.45. The van der Waals surface area contributed by atoms with Crippen LogP contribution in [0, 0.1) is 0 Å². The fraction of sp³-hybridized carbons (Fsp3) is 0.182. The average molecular weight is 391 g/mol. The Balaban J connectivity index is 1.54. The van der Waals surface area contributed by atoms with Gasteiger partial charge in [-0.1, -0.05) is 42.5 Å². The molecule has 0 bridgehead atoms. The third-order valence-electron chi connectivity index (χ3n) is 4.46. The summed E-state index contributed by atoms with van der Waals surface area (Å²) in [4.78, 5) is 17.2. The highest BCUT2D eigenvalue weighted by atomic mass is 32.2. The first-order chi connectivity index (χ1) is 13.7. The molecule has 6 heteroatoms. The van der Waals surface area contributed by atoms with E-state index in [-0.39, 0.29) is 5.78 Å². The van der Waals surface area contributed by atoms with Gasteiger partial charge in [0.1, 0.15) is 0 Å². The lowest BCUT2D eigenvalue weighted by Gasteiger charge is -2.06. The number of rotatable bonds is 8. The van der Waals surface area contributed by atoms with E-state index in [2.05, 4.69) is 10.6 Å². The Kier molecular flexibility index (Phi) is 5.60. The third kappa shape index (κ3) is 4.03. The number of carbonyl (C=O) groups excluding carboxylic acids is 1. The molecule has 0 aliphatic carbocycles. The molecule has 0 spiro atoms. The van der Waals surface area contributed by atoms with Crippen molar-refractivity contribution < 1.29 is 9.21 Å². The van der Waals surface area contributed by atoms with E-state index in [0.29, 0.717) is 23.8 Å². The van der Waals surface area contributed by atoms with Crippen molar-refractivity contribution in [3.63, 3.8) is 0 Å². The molecule has 0 saturated heterocycles. The van der Waals surface area contributed by atoms with Crippen molar-refractivity contribution in [3.05, 3.63) is 78.1 Å². The summed E-state index contributed by atoms with van der Waals surface area (Å²) < 4.78 is 7.97. The monoisotopic (exact) mass is 391 g/mol. The number of nitrogens with zero attached hydrogens (tertiary/aromatic N) is 2. The number of aryl methyl sites for hydroxylation is 1. The topological polar surface area (TPSA) is 74.0 Å². The smallest absolute Gasteiger partial charge is 0.202 e. The standard InChI is InChI=1S/C22H21N3O2S/c23-13-6-14-25-18-10-5-4-9-17(18)24-22(25)28-21-12-11-20(27-21)19(26)15-16-7-2-1-3-8-16/h1-5,7-12H,6,13-15,23H2. The lowest BCUT2D eigenvalue weighted by atomic mass is 10.1. The highest BCUT2D eigenvalue weighted by molar-refractivity contribution is 7.99. The summed E-state index contributed by atoms with van der Waals surface area (Å²) in [6.07, 6.45) is 1.19. The average Bonchev–Trinajstić information content (AvgIpc) is 3.32. The number of carbonyl (C=O) groups is 1. The number of ketones is 1. The molecule has 28 heavy (non-hydrogen) atoms. The summed E-state index contributed by atoms with van der Waals surface area (Å²) in [5.41, 5.74) is 8.68. The zero-order valence-electron chi connectivity index (χ0n) is 15.4. The number of fused-ring (bicyclic) bond motifs is 1. The second kappa shape index (κ2) is 8.46. The molecule has 0 unspecified atom stereocenters. The zero-order valence-corrected chi connectivity index (χ0v) is 16.2.